The summed E-state index contributed by atoms with van der Waals surface area (Å²) in [4.78, 5) is 0. The van der Waals surface area contributed by atoms with E-state index in [1.807, 2.05) is 0 Å². The highest BCUT2D eigenvalue weighted by atomic mass is 16.5. The van der Waals surface area contributed by atoms with Gasteiger partial charge in [0.1, 0.15) is 0 Å². The molecule has 4 aliphatic rings. The van der Waals surface area contributed by atoms with E-state index >= 15 is 0 Å². The average Bonchev–Trinajstić information content (AvgIpc) is 3.03. The molecule has 1 heteroatoms. The molecule has 0 N–H and O–H groups in total. The van der Waals surface area contributed by atoms with E-state index in [-0.39, 0.29) is 0 Å². The van der Waals surface area contributed by atoms with Crippen LogP contribution in [0, 0.1) is 47.3 Å². The summed E-state index contributed by atoms with van der Waals surface area (Å²) < 4.78 is 6.20. The number of hydrogen-bond donors (Lipinski definition) is 0. The SMILES string of the molecule is CC=CCC1CCC(CCC2CCC(CCOCCC3CCC(CCC4CCC(CC=CC)CC4)CC3)CC2)CC1. The van der Waals surface area contributed by atoms with Gasteiger partial charge in [0, 0.05) is 13.2 Å². The van der Waals surface area contributed by atoms with Crippen LogP contribution >= 0.6 is 0 Å². The van der Waals surface area contributed by atoms with E-state index in [1.165, 1.54) is 154 Å². The Labute approximate surface area is 257 Å². The summed E-state index contributed by atoms with van der Waals surface area (Å²) in [5.74, 6) is 8.02. The van der Waals surface area contributed by atoms with Crippen molar-refractivity contribution in [1.82, 2.24) is 0 Å². The van der Waals surface area contributed by atoms with Gasteiger partial charge in [-0.2, -0.15) is 0 Å². The molecule has 0 aromatic rings. The number of allylic oxidation sites excluding steroid dienone is 4. The molecule has 4 saturated carbocycles. The van der Waals surface area contributed by atoms with E-state index in [1.54, 1.807) is 0 Å². The van der Waals surface area contributed by atoms with Gasteiger partial charge in [-0.1, -0.05) is 127 Å². The average molecular weight is 567 g/mol. The number of ether oxygens (including phenoxy) is 1. The minimum atomic E-state index is 0.951. The zero-order valence-corrected chi connectivity index (χ0v) is 27.7. The van der Waals surface area contributed by atoms with Crippen molar-refractivity contribution >= 4 is 0 Å². The van der Waals surface area contributed by atoms with Gasteiger partial charge in [0.25, 0.3) is 0 Å². The summed E-state index contributed by atoms with van der Waals surface area (Å²) in [5, 5.41) is 0. The topological polar surface area (TPSA) is 9.23 Å². The lowest BCUT2D eigenvalue weighted by molar-refractivity contribution is 0.0898. The van der Waals surface area contributed by atoms with Crippen molar-refractivity contribution < 1.29 is 4.74 Å². The van der Waals surface area contributed by atoms with Gasteiger partial charge in [-0.05, 0) is 113 Å². The largest absolute Gasteiger partial charge is 0.381 e. The van der Waals surface area contributed by atoms with Gasteiger partial charge in [-0.25, -0.2) is 0 Å². The molecule has 0 heterocycles. The Kier molecular flexibility index (Phi) is 16.0. The first-order valence-corrected chi connectivity index (χ1v) is 19.0. The van der Waals surface area contributed by atoms with Crippen molar-refractivity contribution in [1.29, 1.82) is 0 Å². The van der Waals surface area contributed by atoms with Crippen molar-refractivity contribution in [3.05, 3.63) is 24.3 Å². The molecule has 0 unspecified atom stereocenters. The minimum Gasteiger partial charge on any atom is -0.381 e. The second kappa shape index (κ2) is 19.7. The Morgan fingerprint density at radius 1 is 0.366 bits per heavy atom. The Bertz CT molecular complexity index is 630. The number of rotatable bonds is 16. The molecule has 4 fully saturated rings. The molecule has 0 saturated heterocycles. The molecule has 0 aromatic carbocycles. The zero-order chi connectivity index (χ0) is 28.5. The summed E-state index contributed by atoms with van der Waals surface area (Å²) >= 11 is 0. The first-order chi connectivity index (χ1) is 20.2. The third-order valence-electron chi connectivity index (χ3n) is 12.6. The van der Waals surface area contributed by atoms with Crippen LogP contribution in [0.2, 0.25) is 0 Å². The molecule has 0 spiro atoms. The first-order valence-electron chi connectivity index (χ1n) is 19.0. The third-order valence-corrected chi connectivity index (χ3v) is 12.6. The van der Waals surface area contributed by atoms with Crippen LogP contribution in [-0.4, -0.2) is 13.2 Å². The van der Waals surface area contributed by atoms with Crippen LogP contribution in [0.5, 0.6) is 0 Å². The second-order valence-corrected chi connectivity index (χ2v) is 15.5. The molecule has 0 bridgehead atoms. The predicted octanol–water partition coefficient (Wildman–Crippen LogP) is 12.5. The summed E-state index contributed by atoms with van der Waals surface area (Å²) in [6.07, 6.45) is 44.6. The molecule has 236 valence electrons. The normalized spacial score (nSPS) is 35.4. The maximum Gasteiger partial charge on any atom is 0.0468 e. The fraction of sp³-hybridized carbons (Fsp3) is 0.900. The highest BCUT2D eigenvalue weighted by molar-refractivity contribution is 4.85. The molecule has 4 rings (SSSR count). The maximum atomic E-state index is 6.20. The summed E-state index contributed by atoms with van der Waals surface area (Å²) in [6, 6.07) is 0. The summed E-state index contributed by atoms with van der Waals surface area (Å²) in [7, 11) is 0. The first kappa shape index (κ1) is 33.3. The lowest BCUT2D eigenvalue weighted by atomic mass is 9.74. The highest BCUT2D eigenvalue weighted by Gasteiger charge is 2.26. The van der Waals surface area contributed by atoms with Crippen LogP contribution in [0.15, 0.2) is 24.3 Å². The summed E-state index contributed by atoms with van der Waals surface area (Å²) in [6.45, 7) is 6.38. The van der Waals surface area contributed by atoms with Crippen molar-refractivity contribution in [2.24, 2.45) is 47.3 Å². The van der Waals surface area contributed by atoms with Crippen molar-refractivity contribution in [2.75, 3.05) is 13.2 Å². The van der Waals surface area contributed by atoms with Crippen molar-refractivity contribution in [3.8, 4) is 0 Å². The number of hydrogen-bond acceptors (Lipinski definition) is 1. The Hall–Kier alpha value is -0.560. The van der Waals surface area contributed by atoms with Crippen LogP contribution < -0.4 is 0 Å². The molecule has 4 aliphatic carbocycles. The van der Waals surface area contributed by atoms with Gasteiger partial charge in [-0.3, -0.25) is 0 Å². The van der Waals surface area contributed by atoms with Gasteiger partial charge in [0.2, 0.25) is 0 Å². The molecular formula is C40H70O. The van der Waals surface area contributed by atoms with E-state index in [2.05, 4.69) is 38.2 Å². The van der Waals surface area contributed by atoms with Gasteiger partial charge < -0.3 is 4.74 Å². The molecular weight excluding hydrogens is 496 g/mol. The molecule has 1 nitrogen and oxygen atoms in total. The molecule has 0 atom stereocenters. The van der Waals surface area contributed by atoms with Gasteiger partial charge in [0.15, 0.2) is 0 Å². The van der Waals surface area contributed by atoms with Crippen LogP contribution in [-0.2, 0) is 4.74 Å². The fourth-order valence-electron chi connectivity index (χ4n) is 9.33. The van der Waals surface area contributed by atoms with Gasteiger partial charge in [0.05, 0.1) is 0 Å². The Balaban J connectivity index is 0.937. The van der Waals surface area contributed by atoms with E-state index in [9.17, 15) is 0 Å². The van der Waals surface area contributed by atoms with Gasteiger partial charge in [-0.15, -0.1) is 0 Å². The third kappa shape index (κ3) is 12.9. The van der Waals surface area contributed by atoms with Crippen LogP contribution in [0.25, 0.3) is 0 Å². The predicted molar refractivity (Wildman–Crippen MR) is 179 cm³/mol. The Morgan fingerprint density at radius 2 is 0.610 bits per heavy atom. The lowest BCUT2D eigenvalue weighted by Crippen LogP contribution is -2.19. The lowest BCUT2D eigenvalue weighted by Gasteiger charge is -2.32. The van der Waals surface area contributed by atoms with Crippen LogP contribution in [0.3, 0.4) is 0 Å². The van der Waals surface area contributed by atoms with E-state index in [0.29, 0.717) is 0 Å². The van der Waals surface area contributed by atoms with E-state index in [0.717, 1.165) is 60.6 Å². The zero-order valence-electron chi connectivity index (χ0n) is 27.7. The monoisotopic (exact) mass is 567 g/mol. The Morgan fingerprint density at radius 3 is 0.878 bits per heavy atom. The van der Waals surface area contributed by atoms with Gasteiger partial charge >= 0.3 is 0 Å². The molecule has 41 heavy (non-hydrogen) atoms. The molecule has 0 radical (unpaired) electrons. The standard InChI is InChI=1S/C40H70O/c1-3-5-7-33-9-13-35(14-10-33)17-19-37-21-25-39(26-22-37)29-31-41-32-30-40-27-23-38(24-28-40)20-18-36-15-11-34(12-16-36)8-6-4-2/h3-6,33-40H,7-32H2,1-2H3. The van der Waals surface area contributed by atoms with E-state index in [4.69, 9.17) is 4.74 Å². The highest BCUT2D eigenvalue weighted by Crippen LogP contribution is 2.39. The summed E-state index contributed by atoms with van der Waals surface area (Å²) in [5.41, 5.74) is 0. The smallest absolute Gasteiger partial charge is 0.0468 e. The van der Waals surface area contributed by atoms with E-state index < -0.39 is 0 Å². The second-order valence-electron chi connectivity index (χ2n) is 15.5. The molecule has 0 aromatic heterocycles. The van der Waals surface area contributed by atoms with Crippen LogP contribution in [0.1, 0.15) is 168 Å². The van der Waals surface area contributed by atoms with Crippen LogP contribution in [0.4, 0.5) is 0 Å². The molecule has 0 amide bonds. The maximum absolute atomic E-state index is 6.20. The van der Waals surface area contributed by atoms with Crippen molar-refractivity contribution in [3.63, 3.8) is 0 Å². The fourth-order valence-corrected chi connectivity index (χ4v) is 9.33. The minimum absolute atomic E-state index is 0.951. The quantitative estimate of drug-likeness (QED) is 0.133. The van der Waals surface area contributed by atoms with Crippen molar-refractivity contribution in [2.45, 2.75) is 168 Å². The molecule has 0 aliphatic heterocycles.